The lowest BCUT2D eigenvalue weighted by atomic mass is 9.84. The van der Waals surface area contributed by atoms with E-state index in [4.69, 9.17) is 14.2 Å². The monoisotopic (exact) mass is 593 g/mol. The van der Waals surface area contributed by atoms with Gasteiger partial charge in [0.2, 0.25) is 11.8 Å². The predicted octanol–water partition coefficient (Wildman–Crippen LogP) is 2.88. The van der Waals surface area contributed by atoms with Crippen LogP contribution in [-0.4, -0.2) is 90.5 Å². The average Bonchev–Trinajstić information content (AvgIpc) is 3.82. The number of nitrogens with zero attached hydrogens (tertiary/aromatic N) is 3. The zero-order chi connectivity index (χ0) is 30.1. The first-order valence-corrected chi connectivity index (χ1v) is 15.5. The van der Waals surface area contributed by atoms with Gasteiger partial charge in [-0.25, -0.2) is 4.98 Å². The maximum atomic E-state index is 14.4. The van der Waals surface area contributed by atoms with Crippen molar-refractivity contribution in [3.63, 3.8) is 0 Å². The molecule has 0 radical (unpaired) electrons. The number of amides is 3. The summed E-state index contributed by atoms with van der Waals surface area (Å²) in [5.74, 6) is -0.733. The van der Waals surface area contributed by atoms with Crippen molar-refractivity contribution in [2.45, 2.75) is 70.2 Å². The summed E-state index contributed by atoms with van der Waals surface area (Å²) in [6, 6.07) is 6.94. The summed E-state index contributed by atoms with van der Waals surface area (Å²) in [6.45, 7) is 9.59. The van der Waals surface area contributed by atoms with Crippen LogP contribution in [0.2, 0.25) is 0 Å². The quantitative estimate of drug-likeness (QED) is 0.506. The zero-order valence-electron chi connectivity index (χ0n) is 25.3. The van der Waals surface area contributed by atoms with Crippen LogP contribution in [0.25, 0.3) is 0 Å². The van der Waals surface area contributed by atoms with Crippen LogP contribution in [0.15, 0.2) is 36.8 Å². The molecular formula is C32H43N5O6. The number of aromatic amines is 1. The third kappa shape index (κ3) is 6.21. The van der Waals surface area contributed by atoms with Crippen molar-refractivity contribution >= 4 is 23.4 Å². The number of hydrogen-bond donors (Lipinski definition) is 2. The summed E-state index contributed by atoms with van der Waals surface area (Å²) >= 11 is 0. The van der Waals surface area contributed by atoms with E-state index in [0.717, 1.165) is 18.4 Å². The van der Waals surface area contributed by atoms with Gasteiger partial charge in [-0.05, 0) is 48.8 Å². The van der Waals surface area contributed by atoms with Gasteiger partial charge in [0.25, 0.3) is 5.91 Å². The normalized spacial score (nSPS) is 26.7. The van der Waals surface area contributed by atoms with E-state index >= 15 is 0 Å². The van der Waals surface area contributed by atoms with Gasteiger partial charge < -0.3 is 29.4 Å². The van der Waals surface area contributed by atoms with E-state index in [1.807, 2.05) is 29.2 Å². The number of fused-ring (bicyclic) bond motifs is 1. The second-order valence-electron chi connectivity index (χ2n) is 13.2. The number of aromatic nitrogens is 2. The highest BCUT2D eigenvalue weighted by atomic mass is 16.7. The highest BCUT2D eigenvalue weighted by Gasteiger charge is 2.51. The molecule has 5 unspecified atom stereocenters. The molecule has 5 heterocycles. The Bertz CT molecular complexity index is 1280. The molecule has 1 aromatic carbocycles. The molecule has 4 aliphatic heterocycles. The standard InChI is InChI=1S/C32H43N5O6/c1-32(2,3)21-4-6-23(7-5-21)37(30(40)26-16-33-19-34-26)27(25-18-43-31-24(25)11-15-42-31)28(38)35-22-8-12-36(13-9-22)29(39)20-10-14-41-17-20/h4-7,16,19-20,22,24-25,27,31H,8-15,17-18H2,1-3H3,(H,33,34)(H,35,38). The second kappa shape index (κ2) is 12.4. The van der Waals surface area contributed by atoms with E-state index in [9.17, 15) is 14.4 Å². The van der Waals surface area contributed by atoms with E-state index in [0.29, 0.717) is 63.7 Å². The molecule has 4 fully saturated rings. The van der Waals surface area contributed by atoms with E-state index in [1.165, 1.54) is 12.5 Å². The maximum absolute atomic E-state index is 14.4. The molecule has 0 saturated carbocycles. The molecule has 43 heavy (non-hydrogen) atoms. The first-order valence-electron chi connectivity index (χ1n) is 15.5. The average molecular weight is 594 g/mol. The SMILES string of the molecule is CC(C)(C)c1ccc(N(C(=O)c2cnc[nH]2)C(C(=O)NC2CCN(C(=O)C3CCOC3)CC2)C2COC3OCCC32)cc1. The molecule has 4 saturated heterocycles. The number of likely N-dealkylation sites (tertiary alicyclic amines) is 1. The van der Waals surface area contributed by atoms with Crippen LogP contribution in [0.3, 0.4) is 0 Å². The fourth-order valence-electron chi connectivity index (χ4n) is 6.87. The molecule has 0 spiro atoms. The van der Waals surface area contributed by atoms with Crippen molar-refractivity contribution < 1.29 is 28.6 Å². The molecule has 4 aliphatic rings. The number of nitrogens with one attached hydrogen (secondary N) is 2. The first-order chi connectivity index (χ1) is 20.7. The molecule has 232 valence electrons. The molecule has 5 atom stereocenters. The van der Waals surface area contributed by atoms with Crippen LogP contribution in [0.5, 0.6) is 0 Å². The highest BCUT2D eigenvalue weighted by molar-refractivity contribution is 6.09. The Hall–Kier alpha value is -3.28. The Kier molecular flexibility index (Phi) is 8.57. The summed E-state index contributed by atoms with van der Waals surface area (Å²) in [4.78, 5) is 52.0. The number of hydrogen-bond acceptors (Lipinski definition) is 7. The van der Waals surface area contributed by atoms with Crippen molar-refractivity contribution in [1.29, 1.82) is 0 Å². The summed E-state index contributed by atoms with van der Waals surface area (Å²) in [5, 5.41) is 3.27. The Morgan fingerprint density at radius 1 is 1.02 bits per heavy atom. The topological polar surface area (TPSA) is 126 Å². The Labute approximate surface area is 252 Å². The lowest BCUT2D eigenvalue weighted by Crippen LogP contribution is -2.58. The van der Waals surface area contributed by atoms with Gasteiger partial charge in [0.1, 0.15) is 11.7 Å². The molecule has 0 aliphatic carbocycles. The van der Waals surface area contributed by atoms with Gasteiger partial charge in [-0.2, -0.15) is 0 Å². The van der Waals surface area contributed by atoms with Crippen LogP contribution >= 0.6 is 0 Å². The minimum atomic E-state index is -0.830. The van der Waals surface area contributed by atoms with E-state index in [1.54, 1.807) is 4.90 Å². The number of carbonyl (C=O) groups excluding carboxylic acids is 3. The third-order valence-electron chi connectivity index (χ3n) is 9.43. The minimum Gasteiger partial charge on any atom is -0.381 e. The fraction of sp³-hybridized carbons (Fsp3) is 0.625. The van der Waals surface area contributed by atoms with Crippen LogP contribution in [-0.2, 0) is 29.2 Å². The summed E-state index contributed by atoms with van der Waals surface area (Å²) in [5.41, 5.74) is 2.00. The number of piperidine rings is 1. The molecule has 2 aromatic rings. The number of rotatable bonds is 7. The van der Waals surface area contributed by atoms with E-state index in [2.05, 4.69) is 36.1 Å². The van der Waals surface area contributed by atoms with E-state index < -0.39 is 6.04 Å². The Morgan fingerprint density at radius 3 is 2.44 bits per heavy atom. The van der Waals surface area contributed by atoms with Gasteiger partial charge in [-0.1, -0.05) is 32.9 Å². The summed E-state index contributed by atoms with van der Waals surface area (Å²) in [6.07, 6.45) is 5.42. The largest absolute Gasteiger partial charge is 0.381 e. The van der Waals surface area contributed by atoms with Gasteiger partial charge in [0.15, 0.2) is 6.29 Å². The number of benzene rings is 1. The molecular weight excluding hydrogens is 550 g/mol. The van der Waals surface area contributed by atoms with Gasteiger partial charge in [0.05, 0.1) is 38.3 Å². The summed E-state index contributed by atoms with van der Waals surface area (Å²) in [7, 11) is 0. The van der Waals surface area contributed by atoms with Gasteiger partial charge in [0, 0.05) is 43.3 Å². The number of ether oxygens (including phenoxy) is 3. The fourth-order valence-corrected chi connectivity index (χ4v) is 6.87. The van der Waals surface area contributed by atoms with Gasteiger partial charge in [-0.3, -0.25) is 19.3 Å². The number of H-pyrrole nitrogens is 1. The smallest absolute Gasteiger partial charge is 0.277 e. The van der Waals surface area contributed by atoms with Gasteiger partial charge >= 0.3 is 0 Å². The van der Waals surface area contributed by atoms with Crippen molar-refractivity contribution in [1.82, 2.24) is 20.2 Å². The van der Waals surface area contributed by atoms with Crippen molar-refractivity contribution in [2.24, 2.45) is 17.8 Å². The Morgan fingerprint density at radius 2 is 1.79 bits per heavy atom. The number of imidazole rings is 1. The van der Waals surface area contributed by atoms with Crippen LogP contribution in [0, 0.1) is 17.8 Å². The van der Waals surface area contributed by atoms with Crippen LogP contribution in [0.4, 0.5) is 5.69 Å². The molecule has 6 rings (SSSR count). The molecule has 2 N–H and O–H groups in total. The van der Waals surface area contributed by atoms with Gasteiger partial charge in [-0.15, -0.1) is 0 Å². The Balaban J connectivity index is 1.27. The van der Waals surface area contributed by atoms with Crippen LogP contribution < -0.4 is 10.2 Å². The molecule has 0 bridgehead atoms. The predicted molar refractivity (Wildman–Crippen MR) is 158 cm³/mol. The maximum Gasteiger partial charge on any atom is 0.277 e. The highest BCUT2D eigenvalue weighted by Crippen LogP contribution is 2.40. The van der Waals surface area contributed by atoms with E-state index in [-0.39, 0.29) is 53.2 Å². The lowest BCUT2D eigenvalue weighted by molar-refractivity contribution is -0.136. The number of anilines is 1. The van der Waals surface area contributed by atoms with Crippen molar-refractivity contribution in [2.75, 3.05) is 44.4 Å². The third-order valence-corrected chi connectivity index (χ3v) is 9.43. The zero-order valence-corrected chi connectivity index (χ0v) is 25.3. The molecule has 3 amide bonds. The van der Waals surface area contributed by atoms with Crippen LogP contribution in [0.1, 0.15) is 62.5 Å². The molecule has 11 nitrogen and oxygen atoms in total. The van der Waals surface area contributed by atoms with Crippen molar-refractivity contribution in [3.05, 3.63) is 48.0 Å². The lowest BCUT2D eigenvalue weighted by Gasteiger charge is -2.38. The summed E-state index contributed by atoms with van der Waals surface area (Å²) < 4.78 is 17.2. The first kappa shape index (κ1) is 29.8. The number of carbonyl (C=O) groups is 3. The molecule has 11 heteroatoms. The van der Waals surface area contributed by atoms with Crippen molar-refractivity contribution in [3.8, 4) is 0 Å². The second-order valence-corrected chi connectivity index (χ2v) is 13.2. The minimum absolute atomic E-state index is 0.00485. The molecule has 1 aromatic heterocycles.